The highest BCUT2D eigenvalue weighted by molar-refractivity contribution is 5.74. The van der Waals surface area contributed by atoms with Crippen LogP contribution in [0, 0.1) is 0 Å². The number of rotatable bonds is 3. The minimum atomic E-state index is -2.14. The van der Waals surface area contributed by atoms with Crippen LogP contribution < -0.4 is 22.3 Å². The number of carbonyl (C=O) groups excluding carboxylic acids is 1. The number of aliphatic hydroxyl groups is 3. The molecule has 0 aromatic carbocycles. The topological polar surface area (TPSA) is 215 Å². The van der Waals surface area contributed by atoms with Gasteiger partial charge in [-0.2, -0.15) is 4.98 Å². The standard InChI is InChI=1S/C11H15N7O6/c12-9-15-7-4(8(22)16-9)14-2-18(7)11(17-10(13)23)6(21)5(20)3(1-19)24-11/h2-3,5-6,19-21H,1H2,(H3,13,17,23)(H3,12,15,16,22)/t3-,5-,6-,11+/m1/s1. The van der Waals surface area contributed by atoms with Gasteiger partial charge in [0.25, 0.3) is 11.4 Å². The minimum absolute atomic E-state index is 0.130. The Labute approximate surface area is 132 Å². The van der Waals surface area contributed by atoms with E-state index in [-0.39, 0.29) is 17.1 Å². The van der Waals surface area contributed by atoms with Crippen LogP contribution in [0.5, 0.6) is 0 Å². The highest BCUT2D eigenvalue weighted by Crippen LogP contribution is 2.35. The summed E-state index contributed by atoms with van der Waals surface area (Å²) in [5.41, 5.74) is 9.70. The molecule has 2 aromatic heterocycles. The number of amides is 2. The zero-order chi connectivity index (χ0) is 17.6. The van der Waals surface area contributed by atoms with Crippen LogP contribution in [0.4, 0.5) is 10.7 Å². The first-order valence-electron chi connectivity index (χ1n) is 6.76. The molecule has 1 saturated heterocycles. The molecule has 0 bridgehead atoms. The van der Waals surface area contributed by atoms with Crippen LogP contribution in [0.3, 0.4) is 0 Å². The Morgan fingerprint density at radius 1 is 1.54 bits per heavy atom. The van der Waals surface area contributed by atoms with Crippen LogP contribution in [0.1, 0.15) is 0 Å². The molecule has 0 spiro atoms. The van der Waals surface area contributed by atoms with Gasteiger partial charge in [0, 0.05) is 0 Å². The molecule has 0 saturated carbocycles. The average Bonchev–Trinajstić information content (AvgIpc) is 3.02. The SMILES string of the molecule is NC(=O)N[C@@]1(n2cnc3c(=O)[nH]c(N)nc32)O[C@H](CO)[C@@H](O)[C@H]1O. The van der Waals surface area contributed by atoms with Crippen molar-refractivity contribution in [3.05, 3.63) is 16.7 Å². The van der Waals surface area contributed by atoms with E-state index in [2.05, 4.69) is 20.3 Å². The summed E-state index contributed by atoms with van der Waals surface area (Å²) in [6, 6.07) is -1.10. The number of H-pyrrole nitrogens is 1. The number of primary amides is 1. The van der Waals surface area contributed by atoms with Gasteiger partial charge < -0.3 is 31.5 Å². The maximum atomic E-state index is 11.9. The molecule has 130 valence electrons. The van der Waals surface area contributed by atoms with E-state index < -0.39 is 42.4 Å². The zero-order valence-electron chi connectivity index (χ0n) is 12.1. The van der Waals surface area contributed by atoms with E-state index in [1.807, 2.05) is 0 Å². The Kier molecular flexibility index (Phi) is 3.64. The maximum absolute atomic E-state index is 11.9. The van der Waals surface area contributed by atoms with Crippen molar-refractivity contribution in [2.75, 3.05) is 12.3 Å². The first-order valence-corrected chi connectivity index (χ1v) is 6.76. The summed E-state index contributed by atoms with van der Waals surface area (Å²) in [4.78, 5) is 33.2. The number of nitrogens with two attached hydrogens (primary N) is 2. The molecule has 0 radical (unpaired) electrons. The molecule has 2 amide bonds. The molecule has 1 aliphatic rings. The van der Waals surface area contributed by atoms with Gasteiger partial charge in [-0.15, -0.1) is 0 Å². The summed E-state index contributed by atoms with van der Waals surface area (Å²) >= 11 is 0. The lowest BCUT2D eigenvalue weighted by Gasteiger charge is -2.33. The lowest BCUT2D eigenvalue weighted by atomic mass is 10.1. The normalized spacial score (nSPS) is 29.9. The molecule has 2 aromatic rings. The van der Waals surface area contributed by atoms with Crippen molar-refractivity contribution < 1.29 is 24.9 Å². The van der Waals surface area contributed by atoms with E-state index in [0.29, 0.717) is 0 Å². The predicted molar refractivity (Wildman–Crippen MR) is 77.2 cm³/mol. The fraction of sp³-hybridized carbons (Fsp3) is 0.455. The number of ether oxygens (including phenoxy) is 1. The quantitative estimate of drug-likeness (QED) is 0.290. The van der Waals surface area contributed by atoms with Crippen LogP contribution in [-0.2, 0) is 10.6 Å². The fourth-order valence-electron chi connectivity index (χ4n) is 2.66. The molecule has 1 fully saturated rings. The second-order valence-corrected chi connectivity index (χ2v) is 5.20. The van der Waals surface area contributed by atoms with Crippen LogP contribution in [-0.4, -0.2) is 65.8 Å². The number of aromatic amines is 1. The lowest BCUT2D eigenvalue weighted by Crippen LogP contribution is -2.59. The van der Waals surface area contributed by atoms with Crippen LogP contribution in [0.25, 0.3) is 11.2 Å². The Morgan fingerprint density at radius 2 is 2.25 bits per heavy atom. The van der Waals surface area contributed by atoms with E-state index in [4.69, 9.17) is 16.2 Å². The Bertz CT molecular complexity index is 849. The van der Waals surface area contributed by atoms with Gasteiger partial charge in [0.2, 0.25) is 5.95 Å². The Hall–Kier alpha value is -2.74. The van der Waals surface area contributed by atoms with E-state index in [1.54, 1.807) is 0 Å². The molecule has 0 unspecified atom stereocenters. The number of hydrogen-bond acceptors (Lipinski definition) is 9. The smallest absolute Gasteiger partial charge is 0.315 e. The molecule has 24 heavy (non-hydrogen) atoms. The van der Waals surface area contributed by atoms with Crippen LogP contribution >= 0.6 is 0 Å². The maximum Gasteiger partial charge on any atom is 0.315 e. The lowest BCUT2D eigenvalue weighted by molar-refractivity contribution is -0.158. The second-order valence-electron chi connectivity index (χ2n) is 5.20. The first kappa shape index (κ1) is 16.1. The van der Waals surface area contributed by atoms with Crippen molar-refractivity contribution in [1.82, 2.24) is 24.8 Å². The van der Waals surface area contributed by atoms with Gasteiger partial charge in [-0.3, -0.25) is 19.7 Å². The Morgan fingerprint density at radius 3 is 2.83 bits per heavy atom. The molecule has 13 nitrogen and oxygen atoms in total. The van der Waals surface area contributed by atoms with Gasteiger partial charge in [-0.25, -0.2) is 9.78 Å². The number of anilines is 1. The van der Waals surface area contributed by atoms with Crippen molar-refractivity contribution in [1.29, 1.82) is 0 Å². The number of aromatic nitrogens is 4. The number of hydrogen-bond donors (Lipinski definition) is 7. The van der Waals surface area contributed by atoms with Gasteiger partial charge in [0.05, 0.1) is 6.61 Å². The number of carbonyl (C=O) groups is 1. The number of nitrogens with one attached hydrogen (secondary N) is 2. The highest BCUT2D eigenvalue weighted by Gasteiger charge is 2.57. The molecule has 4 atom stereocenters. The fourth-order valence-corrected chi connectivity index (χ4v) is 2.66. The van der Waals surface area contributed by atoms with Crippen molar-refractivity contribution in [3.63, 3.8) is 0 Å². The van der Waals surface area contributed by atoms with E-state index in [0.717, 1.165) is 10.9 Å². The summed E-state index contributed by atoms with van der Waals surface area (Å²) in [6.45, 7) is -0.650. The molecular weight excluding hydrogens is 326 g/mol. The summed E-state index contributed by atoms with van der Waals surface area (Å²) < 4.78 is 6.44. The summed E-state index contributed by atoms with van der Waals surface area (Å²) in [7, 11) is 0. The third kappa shape index (κ3) is 2.18. The molecule has 1 aliphatic heterocycles. The van der Waals surface area contributed by atoms with Crippen molar-refractivity contribution >= 4 is 23.1 Å². The van der Waals surface area contributed by atoms with E-state index in [9.17, 15) is 24.9 Å². The third-order valence-electron chi connectivity index (χ3n) is 3.70. The van der Waals surface area contributed by atoms with Crippen molar-refractivity contribution in [2.45, 2.75) is 24.2 Å². The van der Waals surface area contributed by atoms with Crippen LogP contribution in [0.15, 0.2) is 11.1 Å². The number of nitrogens with zero attached hydrogens (tertiary/aromatic N) is 3. The first-order chi connectivity index (χ1) is 11.3. The van der Waals surface area contributed by atoms with Gasteiger partial charge in [0.15, 0.2) is 17.3 Å². The zero-order valence-corrected chi connectivity index (χ0v) is 12.1. The highest BCUT2D eigenvalue weighted by atomic mass is 16.6. The minimum Gasteiger partial charge on any atom is -0.394 e. The number of fused-ring (bicyclic) bond motifs is 1. The Balaban J connectivity index is 2.25. The van der Waals surface area contributed by atoms with Gasteiger partial charge in [0.1, 0.15) is 18.5 Å². The van der Waals surface area contributed by atoms with Gasteiger partial charge >= 0.3 is 6.03 Å². The largest absolute Gasteiger partial charge is 0.394 e. The van der Waals surface area contributed by atoms with E-state index >= 15 is 0 Å². The average molecular weight is 341 g/mol. The monoisotopic (exact) mass is 341 g/mol. The molecule has 0 aliphatic carbocycles. The summed E-state index contributed by atoms with van der Waals surface area (Å²) in [5.74, 6) is -2.38. The van der Waals surface area contributed by atoms with Gasteiger partial charge in [-0.1, -0.05) is 0 Å². The van der Waals surface area contributed by atoms with Crippen molar-refractivity contribution in [2.24, 2.45) is 5.73 Å². The number of nitrogen functional groups attached to an aromatic ring is 1. The molecule has 13 heteroatoms. The summed E-state index contributed by atoms with van der Waals surface area (Å²) in [5, 5.41) is 31.8. The van der Waals surface area contributed by atoms with E-state index in [1.165, 1.54) is 0 Å². The third-order valence-corrected chi connectivity index (χ3v) is 3.70. The second kappa shape index (κ2) is 5.41. The number of urea groups is 1. The molecule has 3 rings (SSSR count). The number of aliphatic hydroxyl groups excluding tert-OH is 3. The number of imidazole rings is 1. The molecule has 3 heterocycles. The van der Waals surface area contributed by atoms with Gasteiger partial charge in [-0.05, 0) is 0 Å². The summed E-state index contributed by atoms with van der Waals surface area (Å²) in [6.07, 6.45) is -3.48. The molecule has 9 N–H and O–H groups in total. The predicted octanol–water partition coefficient (Wildman–Crippen LogP) is -3.91. The van der Waals surface area contributed by atoms with Crippen LogP contribution in [0.2, 0.25) is 0 Å². The van der Waals surface area contributed by atoms with Crippen molar-refractivity contribution in [3.8, 4) is 0 Å². The molecular formula is C11H15N7O6.